The summed E-state index contributed by atoms with van der Waals surface area (Å²) in [5.74, 6) is 3.09. The third kappa shape index (κ3) is 13.8. The number of furan rings is 2. The molecule has 37 heavy (non-hydrogen) atoms. The summed E-state index contributed by atoms with van der Waals surface area (Å²) in [5.41, 5.74) is 2.51. The minimum atomic E-state index is 0. The van der Waals surface area contributed by atoms with Gasteiger partial charge in [0, 0.05) is 60.7 Å². The van der Waals surface area contributed by atoms with Gasteiger partial charge in [0.15, 0.2) is 0 Å². The molecule has 188 valence electrons. The molecule has 2 aromatic carbocycles. The summed E-state index contributed by atoms with van der Waals surface area (Å²) >= 11 is 10.0. The molecule has 0 saturated heterocycles. The van der Waals surface area contributed by atoms with Gasteiger partial charge >= 0.3 is 0 Å². The first-order valence-corrected chi connectivity index (χ1v) is 13.7. The standard InChI is InChI=1S/2C13H12N2OS2.Sn/c2*17-13(15-14-9-12-7-4-8-16-12)18-10-11-5-2-1-3-6-11;/h2*1-9H,10H2,(H,15,17);/p+2. The SMILES string of the molecule is [SH2+]C(=NN=Cc1ccco1)SCc1ccccc1.[SH2+]C(=NN=Cc1ccco1)SCc1ccccc1.[Sn]. The van der Waals surface area contributed by atoms with Crippen molar-refractivity contribution in [3.63, 3.8) is 0 Å². The molecule has 2 aromatic heterocycles. The van der Waals surface area contributed by atoms with Crippen molar-refractivity contribution < 1.29 is 8.83 Å². The molecule has 4 rings (SSSR count). The maximum absolute atomic E-state index is 5.10. The van der Waals surface area contributed by atoms with Crippen LogP contribution in [0.1, 0.15) is 22.6 Å². The molecular weight excluding hydrogens is 647 g/mol. The summed E-state index contributed by atoms with van der Waals surface area (Å²) in [7, 11) is 0. The van der Waals surface area contributed by atoms with Gasteiger partial charge in [-0.15, -0.1) is 10.2 Å². The molecule has 11 heteroatoms. The zero-order valence-electron chi connectivity index (χ0n) is 19.7. The van der Waals surface area contributed by atoms with Gasteiger partial charge in [0.2, 0.25) is 0 Å². The molecule has 0 N–H and O–H groups in total. The number of rotatable bonds is 8. The van der Waals surface area contributed by atoms with E-state index >= 15 is 0 Å². The minimum Gasteiger partial charge on any atom is -0.463 e. The van der Waals surface area contributed by atoms with Crippen molar-refractivity contribution in [2.75, 3.05) is 0 Å². The summed E-state index contributed by atoms with van der Waals surface area (Å²) in [4.78, 5) is 0. The molecule has 0 amide bonds. The number of thioether (sulfide) groups is 2. The topological polar surface area (TPSA) is 75.7 Å². The molecule has 0 unspecified atom stereocenters. The van der Waals surface area contributed by atoms with Gasteiger partial charge in [0.1, 0.15) is 11.5 Å². The zero-order chi connectivity index (χ0) is 25.3. The molecule has 4 radical (unpaired) electrons. The van der Waals surface area contributed by atoms with Gasteiger partial charge in [0.05, 0.1) is 25.0 Å². The molecule has 0 aliphatic carbocycles. The number of hydrogen-bond donors (Lipinski definition) is 0. The summed E-state index contributed by atoms with van der Waals surface area (Å²) in [6.45, 7) is 0. The Labute approximate surface area is 253 Å². The van der Waals surface area contributed by atoms with Gasteiger partial charge in [-0.3, -0.25) is 0 Å². The Hall–Kier alpha value is -2.12. The van der Waals surface area contributed by atoms with E-state index in [0.29, 0.717) is 11.5 Å². The molecule has 0 fully saturated rings. The van der Waals surface area contributed by atoms with Crippen LogP contribution in [0.5, 0.6) is 0 Å². The summed E-state index contributed by atoms with van der Waals surface area (Å²) in [5, 5.41) is 15.9. The van der Waals surface area contributed by atoms with Gasteiger partial charge in [-0.25, -0.2) is 0 Å². The van der Waals surface area contributed by atoms with Crippen LogP contribution in [0, 0.1) is 0 Å². The molecular formula is C26H26N4O2S4Sn+2. The van der Waals surface area contributed by atoms with Crippen LogP contribution in [0.3, 0.4) is 0 Å². The predicted molar refractivity (Wildman–Crippen MR) is 169 cm³/mol. The molecule has 4 aromatic rings. The summed E-state index contributed by atoms with van der Waals surface area (Å²) < 4.78 is 11.7. The zero-order valence-corrected chi connectivity index (χ0v) is 26.2. The second kappa shape index (κ2) is 19.0. The molecule has 0 aliphatic rings. The van der Waals surface area contributed by atoms with E-state index < -0.39 is 0 Å². The van der Waals surface area contributed by atoms with Crippen LogP contribution < -0.4 is 0 Å². The Bertz CT molecular complexity index is 1150. The van der Waals surface area contributed by atoms with E-state index in [0.717, 1.165) is 20.3 Å². The number of hydrogen-bond acceptors (Lipinski definition) is 8. The van der Waals surface area contributed by atoms with E-state index in [1.165, 1.54) is 11.1 Å². The number of benzene rings is 2. The first kappa shape index (κ1) is 31.1. The molecule has 0 atom stereocenters. The van der Waals surface area contributed by atoms with Crippen LogP contribution in [-0.4, -0.2) is 45.1 Å². The Balaban J connectivity index is 0.000000253. The largest absolute Gasteiger partial charge is 0.463 e. The second-order valence-electron chi connectivity index (χ2n) is 6.88. The van der Waals surface area contributed by atoms with Crippen LogP contribution in [0.25, 0.3) is 0 Å². The summed E-state index contributed by atoms with van der Waals surface area (Å²) in [6, 6.07) is 27.7. The first-order chi connectivity index (χ1) is 17.7. The van der Waals surface area contributed by atoms with Gasteiger partial charge in [0.25, 0.3) is 8.75 Å². The Morgan fingerprint density at radius 2 is 1.03 bits per heavy atom. The maximum atomic E-state index is 5.10. The van der Waals surface area contributed by atoms with Crippen LogP contribution in [0.15, 0.2) is 127 Å². The minimum absolute atomic E-state index is 0. The fourth-order valence-corrected chi connectivity index (χ4v) is 4.27. The van der Waals surface area contributed by atoms with E-state index in [9.17, 15) is 0 Å². The normalized spacial score (nSPS) is 11.8. The van der Waals surface area contributed by atoms with Crippen LogP contribution >= 0.6 is 23.5 Å². The first-order valence-electron chi connectivity index (χ1n) is 10.7. The van der Waals surface area contributed by atoms with Crippen molar-refractivity contribution in [3.8, 4) is 0 Å². The quantitative estimate of drug-likeness (QED) is 0.0821. The van der Waals surface area contributed by atoms with Crippen molar-refractivity contribution in [3.05, 3.63) is 120 Å². The number of nitrogens with zero attached hydrogens (tertiary/aromatic N) is 4. The molecule has 0 aliphatic heterocycles. The Morgan fingerprint density at radius 1 is 0.622 bits per heavy atom. The summed E-state index contributed by atoms with van der Waals surface area (Å²) in [6.07, 6.45) is 6.35. The molecule has 6 nitrogen and oxygen atoms in total. The van der Waals surface area contributed by atoms with Crippen molar-refractivity contribution in [1.82, 2.24) is 0 Å². The fraction of sp³-hybridized carbons (Fsp3) is 0.0769. The average Bonchev–Trinajstić information content (AvgIpc) is 3.63. The second-order valence-corrected chi connectivity index (χ2v) is 10.5. The maximum Gasteiger partial charge on any atom is 0.296 e. The van der Waals surface area contributed by atoms with Crippen LogP contribution in [0.2, 0.25) is 0 Å². The van der Waals surface area contributed by atoms with E-state index in [4.69, 9.17) is 8.83 Å². The van der Waals surface area contributed by atoms with Gasteiger partial charge in [-0.1, -0.05) is 70.9 Å². The Kier molecular flexibility index (Phi) is 16.0. The molecule has 0 spiro atoms. The van der Waals surface area contributed by atoms with Crippen molar-refractivity contribution in [1.29, 1.82) is 0 Å². The monoisotopic (exact) mass is 674 g/mol. The van der Waals surface area contributed by atoms with Gasteiger partial charge < -0.3 is 8.83 Å². The third-order valence-electron chi connectivity index (χ3n) is 4.19. The molecule has 0 bridgehead atoms. The fourth-order valence-electron chi connectivity index (χ4n) is 2.52. The van der Waals surface area contributed by atoms with Crippen LogP contribution in [-0.2, 0) is 36.8 Å². The van der Waals surface area contributed by atoms with Crippen molar-refractivity contribution in [2.45, 2.75) is 11.5 Å². The van der Waals surface area contributed by atoms with E-state index in [1.54, 1.807) is 48.5 Å². The van der Waals surface area contributed by atoms with E-state index in [-0.39, 0.29) is 23.9 Å². The predicted octanol–water partition coefficient (Wildman–Crippen LogP) is 5.45. The van der Waals surface area contributed by atoms with Crippen LogP contribution in [0.4, 0.5) is 0 Å². The van der Waals surface area contributed by atoms with Gasteiger partial charge in [-0.05, 0) is 58.9 Å². The van der Waals surface area contributed by atoms with Gasteiger partial charge in [-0.2, -0.15) is 0 Å². The van der Waals surface area contributed by atoms with Crippen molar-refractivity contribution >= 4 is 93.9 Å². The molecule has 0 saturated carbocycles. The smallest absolute Gasteiger partial charge is 0.296 e. The molecule has 2 heterocycles. The van der Waals surface area contributed by atoms with Crippen molar-refractivity contribution in [2.24, 2.45) is 20.4 Å². The van der Waals surface area contributed by atoms with E-state index in [2.05, 4.69) is 69.9 Å². The average molecular weight is 673 g/mol. The Morgan fingerprint density at radius 3 is 1.38 bits per heavy atom. The van der Waals surface area contributed by atoms with E-state index in [1.807, 2.05) is 60.7 Å². The third-order valence-corrected chi connectivity index (χ3v) is 6.92.